The molecular weight excluding hydrogens is 921 g/mol. The van der Waals surface area contributed by atoms with E-state index in [1.807, 2.05) is 71.8 Å². The Labute approximate surface area is 432 Å². The first-order chi connectivity index (χ1) is 34.6. The fourth-order valence-corrected chi connectivity index (χ4v) is 10.7. The number of aryl methyl sites for hydroxylation is 1. The van der Waals surface area contributed by atoms with Gasteiger partial charge in [0.15, 0.2) is 0 Å². The molecule has 3 aliphatic heterocycles. The number of hydrogen-bond donors (Lipinski definition) is 2. The molecule has 3 saturated heterocycles. The van der Waals surface area contributed by atoms with Crippen molar-refractivity contribution in [3.63, 3.8) is 0 Å². The van der Waals surface area contributed by atoms with E-state index >= 15 is 0 Å². The minimum atomic E-state index is -0.927. The highest BCUT2D eigenvalue weighted by Gasteiger charge is 2.54. The molecule has 4 amide bonds. The van der Waals surface area contributed by atoms with Gasteiger partial charge in [-0.25, -0.2) is 5.43 Å². The Kier molecular flexibility index (Phi) is 16.9. The number of rotatable bonds is 17. The number of nitrogens with one attached hydrogen (secondary N) is 2. The first-order valence-electron chi connectivity index (χ1n) is 26.1. The van der Waals surface area contributed by atoms with Crippen molar-refractivity contribution in [2.75, 3.05) is 60.5 Å². The van der Waals surface area contributed by atoms with Crippen molar-refractivity contribution in [3.05, 3.63) is 77.6 Å². The number of hydrazine groups is 1. The monoisotopic (exact) mass is 999 g/mol. The number of hydrogen-bond acceptors (Lipinski definition) is 10. The van der Waals surface area contributed by atoms with Gasteiger partial charge in [0.1, 0.15) is 12.1 Å². The lowest BCUT2D eigenvalue weighted by atomic mass is 9.84. The second-order valence-electron chi connectivity index (χ2n) is 22.2. The van der Waals surface area contributed by atoms with Gasteiger partial charge in [-0.15, -0.1) is 0 Å². The van der Waals surface area contributed by atoms with E-state index in [0.29, 0.717) is 52.0 Å². The van der Waals surface area contributed by atoms with Gasteiger partial charge in [-0.1, -0.05) is 63.9 Å². The quantitative estimate of drug-likeness (QED) is 0.0819. The molecule has 3 fully saturated rings. The van der Waals surface area contributed by atoms with E-state index in [0.717, 1.165) is 62.9 Å². The number of amides is 4. The highest BCUT2D eigenvalue weighted by atomic mass is 16.5. The summed E-state index contributed by atoms with van der Waals surface area (Å²) in [4.78, 5) is 79.3. The molecule has 7 rings (SSSR count). The summed E-state index contributed by atoms with van der Waals surface area (Å²) in [6.45, 7) is 20.7. The predicted octanol–water partition coefficient (Wildman–Crippen LogP) is 7.20. The number of benzene rings is 2. The number of likely N-dealkylation sites (tertiary alicyclic amines) is 2. The first-order valence-corrected chi connectivity index (χ1v) is 26.1. The van der Waals surface area contributed by atoms with E-state index in [1.165, 1.54) is 6.92 Å². The Morgan fingerprint density at radius 3 is 2.37 bits per heavy atom. The molecule has 1 spiro atoms. The normalized spacial score (nSPS) is 18.6. The Bertz CT molecular complexity index is 2760. The zero-order valence-corrected chi connectivity index (χ0v) is 45.3. The highest BCUT2D eigenvalue weighted by Crippen LogP contribution is 2.44. The average molecular weight is 999 g/mol. The van der Waals surface area contributed by atoms with E-state index in [9.17, 15) is 24.0 Å². The van der Waals surface area contributed by atoms with Crippen LogP contribution in [-0.4, -0.2) is 137 Å². The lowest BCUT2D eigenvalue weighted by Gasteiger charge is -2.35. The van der Waals surface area contributed by atoms with Gasteiger partial charge in [0, 0.05) is 87.8 Å². The minimum absolute atomic E-state index is 0.133. The molecule has 1 unspecified atom stereocenters. The van der Waals surface area contributed by atoms with Crippen LogP contribution in [0.2, 0.25) is 0 Å². The van der Waals surface area contributed by atoms with Crippen molar-refractivity contribution < 1.29 is 33.4 Å². The lowest BCUT2D eigenvalue weighted by Crippen LogP contribution is -2.59. The van der Waals surface area contributed by atoms with Gasteiger partial charge in [0.05, 0.1) is 35.1 Å². The first kappa shape index (κ1) is 54.7. The summed E-state index contributed by atoms with van der Waals surface area (Å²) in [5, 5.41) is 5.86. The summed E-state index contributed by atoms with van der Waals surface area (Å²) in [5.41, 5.74) is 9.38. The maximum Gasteiger partial charge on any atom is 0.302 e. The third kappa shape index (κ3) is 12.0. The molecule has 0 radical (unpaired) electrons. The molecule has 73 heavy (non-hydrogen) atoms. The summed E-state index contributed by atoms with van der Waals surface area (Å²) in [5.74, 6) is 4.28. The van der Waals surface area contributed by atoms with Gasteiger partial charge in [0.2, 0.25) is 11.8 Å². The standard InChI is InChI=1S/C58H78N8O7/c1-13-64-48-22-21-43(34-45(48)46(35-56(6,7)37-73-40(5)67)52(64)44-20-17-27-59-50(44)39(4)72-12)42-19-16-18-41(32-42)33-47(54(70)66-29-15-14-28-60-66)61-53(69)51(38(2)3)65-31-26-58(55(65)71)25-30-63(36-58)49(68)23-24-57(8,9)62(10)11/h16-22,27,32,34,38-39,47,51,60H,13-15,25-26,28-31,33,35-37H2,1-12H3,(H,61,69)/t39-,47-,51?,58+/m0/s1. The number of ether oxygens (including phenoxy) is 2. The Morgan fingerprint density at radius 2 is 1.70 bits per heavy atom. The van der Waals surface area contributed by atoms with Gasteiger partial charge in [0.25, 0.3) is 11.8 Å². The number of aromatic nitrogens is 2. The number of pyridine rings is 1. The summed E-state index contributed by atoms with van der Waals surface area (Å²) in [7, 11) is 5.52. The molecule has 2 aromatic carbocycles. The van der Waals surface area contributed by atoms with Crippen molar-refractivity contribution in [2.45, 2.75) is 131 Å². The molecular formula is C58H78N8O7. The van der Waals surface area contributed by atoms with E-state index in [-0.39, 0.29) is 61.2 Å². The number of carbonyl (C=O) groups is 5. The van der Waals surface area contributed by atoms with Crippen LogP contribution >= 0.6 is 0 Å². The summed E-state index contributed by atoms with van der Waals surface area (Å²) in [6, 6.07) is 16.9. The smallest absolute Gasteiger partial charge is 0.302 e. The van der Waals surface area contributed by atoms with Crippen LogP contribution in [0.4, 0.5) is 0 Å². The molecule has 2 N–H and O–H groups in total. The van der Waals surface area contributed by atoms with Crippen LogP contribution in [0.5, 0.6) is 0 Å². The summed E-state index contributed by atoms with van der Waals surface area (Å²) < 4.78 is 13.8. The summed E-state index contributed by atoms with van der Waals surface area (Å²) in [6.07, 6.45) is 5.17. The second-order valence-corrected chi connectivity index (χ2v) is 22.2. The van der Waals surface area contributed by atoms with Crippen molar-refractivity contribution in [2.24, 2.45) is 16.7 Å². The van der Waals surface area contributed by atoms with Gasteiger partial charge in [-0.05, 0) is 132 Å². The molecule has 5 heterocycles. The van der Waals surface area contributed by atoms with Crippen LogP contribution in [0.3, 0.4) is 0 Å². The van der Waals surface area contributed by atoms with Gasteiger partial charge in [-0.2, -0.15) is 0 Å². The molecule has 15 heteroatoms. The minimum Gasteiger partial charge on any atom is -0.465 e. The van der Waals surface area contributed by atoms with Crippen molar-refractivity contribution >= 4 is 40.5 Å². The molecule has 0 bridgehead atoms. The van der Waals surface area contributed by atoms with Crippen LogP contribution in [0.25, 0.3) is 33.3 Å². The van der Waals surface area contributed by atoms with Gasteiger partial charge in [-0.3, -0.25) is 38.9 Å². The lowest BCUT2D eigenvalue weighted by molar-refractivity contribution is -0.146. The van der Waals surface area contributed by atoms with Crippen molar-refractivity contribution in [3.8, 4) is 34.2 Å². The SMILES string of the molecule is CCn1c(-c2cccnc2[C@H](C)OC)c(CC(C)(C)COC(C)=O)c2cc(-c3cccc(C[C@H](NC(=O)C(C(C)C)N4CC[C@@]5(CCN(C(=O)C#CC(C)(C)N(C)C)C5)C4=O)C(=O)N4CCCCN4)c3)ccc21. The van der Waals surface area contributed by atoms with E-state index in [4.69, 9.17) is 14.5 Å². The highest BCUT2D eigenvalue weighted by molar-refractivity contribution is 5.98. The van der Waals surface area contributed by atoms with Crippen LogP contribution < -0.4 is 10.7 Å². The van der Waals surface area contributed by atoms with Gasteiger partial charge < -0.3 is 29.2 Å². The van der Waals surface area contributed by atoms with Crippen LogP contribution in [0.1, 0.15) is 111 Å². The number of methoxy groups -OCH3 is 1. The largest absolute Gasteiger partial charge is 0.465 e. The summed E-state index contributed by atoms with van der Waals surface area (Å²) >= 11 is 0. The van der Waals surface area contributed by atoms with Crippen LogP contribution in [-0.2, 0) is 52.8 Å². The third-order valence-electron chi connectivity index (χ3n) is 15.3. The zero-order chi connectivity index (χ0) is 53.0. The van der Waals surface area contributed by atoms with Gasteiger partial charge >= 0.3 is 5.97 Å². The third-order valence-corrected chi connectivity index (χ3v) is 15.3. The molecule has 3 aliphatic rings. The number of fused-ring (bicyclic) bond motifs is 1. The molecule has 4 aromatic rings. The van der Waals surface area contributed by atoms with Crippen molar-refractivity contribution in [1.82, 2.24) is 40.0 Å². The maximum atomic E-state index is 14.7. The molecule has 0 saturated carbocycles. The van der Waals surface area contributed by atoms with E-state index in [1.54, 1.807) is 28.1 Å². The molecule has 0 aliphatic carbocycles. The second kappa shape index (κ2) is 22.6. The number of esters is 1. The molecule has 392 valence electrons. The Morgan fingerprint density at radius 1 is 0.959 bits per heavy atom. The molecule has 4 atom stereocenters. The Balaban J connectivity index is 1.19. The predicted molar refractivity (Wildman–Crippen MR) is 285 cm³/mol. The average Bonchev–Trinajstić information content (AvgIpc) is 4.04. The number of carbonyl (C=O) groups excluding carboxylic acids is 5. The maximum absolute atomic E-state index is 14.7. The zero-order valence-electron chi connectivity index (χ0n) is 45.3. The molecule has 15 nitrogen and oxygen atoms in total. The topological polar surface area (TPSA) is 159 Å². The van der Waals surface area contributed by atoms with E-state index in [2.05, 4.69) is 84.3 Å². The Hall–Kier alpha value is -6.08. The fraction of sp³-hybridized carbons (Fsp3) is 0.552. The van der Waals surface area contributed by atoms with E-state index < -0.39 is 28.5 Å². The van der Waals surface area contributed by atoms with Crippen LogP contribution in [0.15, 0.2) is 60.8 Å². The van der Waals surface area contributed by atoms with Crippen molar-refractivity contribution in [1.29, 1.82) is 0 Å². The number of nitrogens with zero attached hydrogens (tertiary/aromatic N) is 6. The molecule has 2 aromatic heterocycles. The fourth-order valence-electron chi connectivity index (χ4n) is 10.7. The van der Waals surface area contributed by atoms with Crippen LogP contribution in [0, 0.1) is 28.6 Å².